The average molecular weight is 423 g/mol. The lowest BCUT2D eigenvalue weighted by Crippen LogP contribution is -2.22. The van der Waals surface area contributed by atoms with Crippen molar-refractivity contribution in [3.63, 3.8) is 0 Å². The lowest BCUT2D eigenvalue weighted by Gasteiger charge is -2.34. The SMILES string of the molecule is COc1ccccc1P(c1ccccc1C)C1C2=C(C=CCC2)C=Cc2ccccc21. The van der Waals surface area contributed by atoms with Crippen molar-refractivity contribution in [3.8, 4) is 5.75 Å². The maximum absolute atomic E-state index is 5.90. The number of ether oxygens (including phenoxy) is 1. The summed E-state index contributed by atoms with van der Waals surface area (Å²) >= 11 is 0. The zero-order chi connectivity index (χ0) is 21.2. The van der Waals surface area contributed by atoms with Gasteiger partial charge in [-0.25, -0.2) is 0 Å². The van der Waals surface area contributed by atoms with Crippen molar-refractivity contribution in [3.05, 3.63) is 119 Å². The number of aryl methyl sites for hydroxylation is 1. The minimum Gasteiger partial charge on any atom is -0.496 e. The van der Waals surface area contributed by atoms with Crippen molar-refractivity contribution in [2.75, 3.05) is 7.11 Å². The molecular formula is C29H27OP. The summed E-state index contributed by atoms with van der Waals surface area (Å²) in [5.74, 6) is 0.986. The normalized spacial score (nSPS) is 18.2. The molecule has 0 amide bonds. The molecule has 0 heterocycles. The Kier molecular flexibility index (Phi) is 5.62. The molecule has 0 aromatic heterocycles. The first kappa shape index (κ1) is 20.0. The third-order valence-electron chi connectivity index (χ3n) is 6.29. The van der Waals surface area contributed by atoms with Crippen molar-refractivity contribution in [1.29, 1.82) is 0 Å². The zero-order valence-corrected chi connectivity index (χ0v) is 19.0. The molecule has 0 saturated heterocycles. The Morgan fingerprint density at radius 3 is 2.39 bits per heavy atom. The summed E-state index contributed by atoms with van der Waals surface area (Å²) in [5, 5.41) is 2.75. The summed E-state index contributed by atoms with van der Waals surface area (Å²) in [5.41, 5.74) is 7.36. The van der Waals surface area contributed by atoms with Gasteiger partial charge in [0.2, 0.25) is 0 Å². The van der Waals surface area contributed by atoms with Gasteiger partial charge in [-0.3, -0.25) is 0 Å². The predicted molar refractivity (Wildman–Crippen MR) is 134 cm³/mol. The molecule has 3 aromatic carbocycles. The van der Waals surface area contributed by atoms with E-state index in [1.54, 1.807) is 12.7 Å². The summed E-state index contributed by atoms with van der Waals surface area (Å²) in [4.78, 5) is 0. The van der Waals surface area contributed by atoms with Gasteiger partial charge in [-0.1, -0.05) is 96.6 Å². The molecule has 2 aliphatic rings. The van der Waals surface area contributed by atoms with Crippen LogP contribution >= 0.6 is 7.92 Å². The van der Waals surface area contributed by atoms with E-state index in [0.717, 1.165) is 18.6 Å². The molecule has 0 radical (unpaired) electrons. The van der Waals surface area contributed by atoms with Gasteiger partial charge in [-0.15, -0.1) is 0 Å². The number of hydrogen-bond donors (Lipinski definition) is 0. The van der Waals surface area contributed by atoms with E-state index < -0.39 is 7.92 Å². The fourth-order valence-electron chi connectivity index (χ4n) is 4.80. The van der Waals surface area contributed by atoms with Gasteiger partial charge < -0.3 is 4.74 Å². The Bertz CT molecular complexity index is 1200. The van der Waals surface area contributed by atoms with Crippen LogP contribution < -0.4 is 15.3 Å². The molecule has 2 atom stereocenters. The Morgan fingerprint density at radius 1 is 0.806 bits per heavy atom. The van der Waals surface area contributed by atoms with E-state index >= 15 is 0 Å². The molecule has 3 aromatic rings. The van der Waals surface area contributed by atoms with Crippen molar-refractivity contribution in [1.82, 2.24) is 0 Å². The maximum Gasteiger partial charge on any atom is 0.126 e. The first-order valence-corrected chi connectivity index (χ1v) is 12.3. The van der Waals surface area contributed by atoms with Crippen LogP contribution in [0.4, 0.5) is 0 Å². The summed E-state index contributed by atoms with van der Waals surface area (Å²) < 4.78 is 5.90. The molecule has 2 aliphatic carbocycles. The number of rotatable bonds is 4. The quantitative estimate of drug-likeness (QED) is 0.418. The van der Waals surface area contributed by atoms with Crippen LogP contribution in [0.1, 0.15) is 35.2 Å². The topological polar surface area (TPSA) is 9.23 Å². The number of para-hydroxylation sites is 1. The molecule has 1 nitrogen and oxygen atoms in total. The molecule has 0 aliphatic heterocycles. The first-order valence-electron chi connectivity index (χ1n) is 10.9. The van der Waals surface area contributed by atoms with Gasteiger partial charge in [-0.05, 0) is 61.3 Å². The average Bonchev–Trinajstić information content (AvgIpc) is 2.98. The molecule has 2 unspecified atom stereocenters. The van der Waals surface area contributed by atoms with E-state index in [-0.39, 0.29) is 0 Å². The summed E-state index contributed by atoms with van der Waals surface area (Å²) in [6.07, 6.45) is 11.5. The van der Waals surface area contributed by atoms with Gasteiger partial charge in [0.1, 0.15) is 5.75 Å². The molecule has 0 fully saturated rings. The van der Waals surface area contributed by atoms with E-state index in [2.05, 4.69) is 104 Å². The molecule has 154 valence electrons. The van der Waals surface area contributed by atoms with Gasteiger partial charge >= 0.3 is 0 Å². The number of benzene rings is 3. The second-order valence-electron chi connectivity index (χ2n) is 8.11. The number of fused-ring (bicyclic) bond motifs is 1. The van der Waals surface area contributed by atoms with E-state index in [1.165, 1.54) is 32.9 Å². The van der Waals surface area contributed by atoms with Gasteiger partial charge in [-0.2, -0.15) is 0 Å². The Balaban J connectivity index is 1.83. The summed E-state index contributed by atoms with van der Waals surface area (Å²) in [7, 11) is 1.07. The largest absolute Gasteiger partial charge is 0.496 e. The van der Waals surface area contributed by atoms with Crippen LogP contribution in [0, 0.1) is 6.92 Å². The minimum absolute atomic E-state index is 0.318. The lowest BCUT2D eigenvalue weighted by atomic mass is 9.92. The maximum atomic E-state index is 5.90. The van der Waals surface area contributed by atoms with Crippen LogP contribution in [0.5, 0.6) is 5.75 Å². The number of hydrogen-bond acceptors (Lipinski definition) is 1. The van der Waals surface area contributed by atoms with Gasteiger partial charge in [0.25, 0.3) is 0 Å². The van der Waals surface area contributed by atoms with E-state index in [4.69, 9.17) is 4.74 Å². The second kappa shape index (κ2) is 8.69. The minimum atomic E-state index is -0.720. The van der Waals surface area contributed by atoms with Crippen molar-refractivity contribution < 1.29 is 4.74 Å². The fraction of sp³-hybridized carbons (Fsp3) is 0.172. The van der Waals surface area contributed by atoms with Gasteiger partial charge in [0.15, 0.2) is 0 Å². The molecule has 0 bridgehead atoms. The highest BCUT2D eigenvalue weighted by Gasteiger charge is 2.35. The van der Waals surface area contributed by atoms with Crippen LogP contribution in [0.25, 0.3) is 6.08 Å². The highest BCUT2D eigenvalue weighted by Crippen LogP contribution is 2.58. The van der Waals surface area contributed by atoms with Crippen molar-refractivity contribution in [2.24, 2.45) is 0 Å². The van der Waals surface area contributed by atoms with Crippen molar-refractivity contribution in [2.45, 2.75) is 25.4 Å². The number of allylic oxidation sites excluding steroid dienone is 5. The van der Waals surface area contributed by atoms with E-state index in [0.29, 0.717) is 5.66 Å². The Hall–Kier alpha value is -2.89. The van der Waals surface area contributed by atoms with Crippen molar-refractivity contribution >= 4 is 24.6 Å². The number of methoxy groups -OCH3 is 1. The monoisotopic (exact) mass is 422 g/mol. The van der Waals surface area contributed by atoms with Crippen LogP contribution in [0.15, 0.2) is 102 Å². The predicted octanol–water partition coefficient (Wildman–Crippen LogP) is 6.85. The van der Waals surface area contributed by atoms with Gasteiger partial charge in [0, 0.05) is 11.0 Å². The molecule has 0 spiro atoms. The highest BCUT2D eigenvalue weighted by molar-refractivity contribution is 7.73. The molecule has 0 saturated carbocycles. The third-order valence-corrected chi connectivity index (χ3v) is 9.31. The summed E-state index contributed by atoms with van der Waals surface area (Å²) in [6.45, 7) is 2.25. The van der Waals surface area contributed by atoms with Crippen LogP contribution in [-0.4, -0.2) is 7.11 Å². The van der Waals surface area contributed by atoms with Crippen LogP contribution in [-0.2, 0) is 0 Å². The Morgan fingerprint density at radius 2 is 1.55 bits per heavy atom. The molecule has 2 heteroatoms. The van der Waals surface area contributed by atoms with Gasteiger partial charge in [0.05, 0.1) is 7.11 Å². The standard InChI is InChI=1S/C29H27OP/c1-21-11-3-9-17-27(21)31(28-18-10-8-16-26(28)30-2)29-24-14-6-4-12-22(24)19-20-23-13-5-7-15-25(23)29/h3-6,8-14,16-20,29H,7,15H2,1-2H3. The van der Waals surface area contributed by atoms with Crippen LogP contribution in [0.3, 0.4) is 0 Å². The lowest BCUT2D eigenvalue weighted by molar-refractivity contribution is 0.418. The van der Waals surface area contributed by atoms with E-state index in [9.17, 15) is 0 Å². The smallest absolute Gasteiger partial charge is 0.126 e. The molecule has 5 rings (SSSR count). The third kappa shape index (κ3) is 3.68. The summed E-state index contributed by atoms with van der Waals surface area (Å²) in [6, 6.07) is 26.5. The van der Waals surface area contributed by atoms with Crippen LogP contribution in [0.2, 0.25) is 0 Å². The highest BCUT2D eigenvalue weighted by atomic mass is 31.1. The molecule has 31 heavy (non-hydrogen) atoms. The fourth-order valence-corrected chi connectivity index (χ4v) is 8.07. The second-order valence-corrected chi connectivity index (χ2v) is 10.3. The van der Waals surface area contributed by atoms with E-state index in [1.807, 2.05) is 0 Å². The molecular weight excluding hydrogens is 395 g/mol. The Labute approximate surface area is 186 Å². The zero-order valence-electron chi connectivity index (χ0n) is 18.1. The molecule has 0 N–H and O–H groups in total. The first-order chi connectivity index (χ1) is 15.3.